The molecule has 1 fully saturated rings. The van der Waals surface area contributed by atoms with E-state index < -0.39 is 0 Å². The first-order valence-electron chi connectivity index (χ1n) is 8.39. The minimum Gasteiger partial charge on any atom is -0.311 e. The van der Waals surface area contributed by atoms with Crippen LogP contribution in [0.15, 0.2) is 0 Å². The zero-order valence-corrected chi connectivity index (χ0v) is 14.9. The highest BCUT2D eigenvalue weighted by molar-refractivity contribution is 4.88. The summed E-state index contributed by atoms with van der Waals surface area (Å²) in [4.78, 5) is 5.16. The van der Waals surface area contributed by atoms with Crippen molar-refractivity contribution >= 4 is 0 Å². The number of nitrogens with one attached hydrogen (secondary N) is 1. The van der Waals surface area contributed by atoms with Gasteiger partial charge in [0.15, 0.2) is 0 Å². The van der Waals surface area contributed by atoms with Crippen LogP contribution in [-0.4, -0.2) is 61.2 Å². The van der Waals surface area contributed by atoms with Crippen molar-refractivity contribution in [2.75, 3.05) is 39.8 Å². The van der Waals surface area contributed by atoms with Gasteiger partial charge in [0.2, 0.25) is 0 Å². The third-order valence-corrected chi connectivity index (χ3v) is 5.10. The van der Waals surface area contributed by atoms with E-state index in [1.807, 2.05) is 0 Å². The molecule has 1 unspecified atom stereocenters. The first kappa shape index (κ1) is 17.9. The Hall–Kier alpha value is -0.120. The van der Waals surface area contributed by atoms with Crippen LogP contribution >= 0.6 is 0 Å². The van der Waals surface area contributed by atoms with Crippen LogP contribution in [-0.2, 0) is 0 Å². The molecule has 20 heavy (non-hydrogen) atoms. The normalized spacial score (nSPS) is 23.2. The van der Waals surface area contributed by atoms with Crippen LogP contribution in [0, 0.1) is 5.41 Å². The van der Waals surface area contributed by atoms with Gasteiger partial charge >= 0.3 is 0 Å². The molecule has 3 heteroatoms. The molecule has 0 aromatic rings. The van der Waals surface area contributed by atoms with Crippen molar-refractivity contribution in [3.8, 4) is 0 Å². The Bertz CT molecular complexity index is 278. The zero-order valence-electron chi connectivity index (χ0n) is 14.9. The van der Waals surface area contributed by atoms with Crippen molar-refractivity contribution in [2.24, 2.45) is 5.41 Å². The van der Waals surface area contributed by atoms with Gasteiger partial charge in [-0.15, -0.1) is 0 Å². The minimum atomic E-state index is 0.213. The Labute approximate surface area is 127 Å². The summed E-state index contributed by atoms with van der Waals surface area (Å²) in [6, 6.07) is 0.686. The van der Waals surface area contributed by atoms with Crippen molar-refractivity contribution in [3.05, 3.63) is 0 Å². The Morgan fingerprint density at radius 1 is 1.10 bits per heavy atom. The Morgan fingerprint density at radius 3 is 2.15 bits per heavy atom. The second kappa shape index (κ2) is 7.24. The molecule has 1 saturated heterocycles. The van der Waals surface area contributed by atoms with Gasteiger partial charge in [-0.2, -0.15) is 0 Å². The summed E-state index contributed by atoms with van der Waals surface area (Å²) in [6.45, 7) is 19.9. The predicted molar refractivity (Wildman–Crippen MR) is 89.3 cm³/mol. The minimum absolute atomic E-state index is 0.213. The number of rotatable bonds is 6. The number of piperazine rings is 1. The highest BCUT2D eigenvalue weighted by atomic mass is 15.3. The Morgan fingerprint density at radius 2 is 1.70 bits per heavy atom. The Kier molecular flexibility index (Phi) is 6.49. The fourth-order valence-corrected chi connectivity index (χ4v) is 2.97. The fourth-order valence-electron chi connectivity index (χ4n) is 2.97. The zero-order chi connectivity index (χ0) is 15.4. The largest absolute Gasteiger partial charge is 0.311 e. The molecule has 0 spiro atoms. The van der Waals surface area contributed by atoms with E-state index in [0.29, 0.717) is 11.5 Å². The molecule has 0 aliphatic carbocycles. The summed E-state index contributed by atoms with van der Waals surface area (Å²) in [5.41, 5.74) is 0.633. The van der Waals surface area contributed by atoms with Gasteiger partial charge in [-0.3, -0.25) is 4.90 Å². The molecule has 1 aliphatic rings. The van der Waals surface area contributed by atoms with Gasteiger partial charge in [0, 0.05) is 44.3 Å². The molecule has 0 saturated carbocycles. The third-order valence-electron chi connectivity index (χ3n) is 5.10. The highest BCUT2D eigenvalue weighted by Gasteiger charge is 2.32. The maximum atomic E-state index is 3.74. The molecule has 1 rings (SSSR count). The molecule has 3 nitrogen and oxygen atoms in total. The second-order valence-corrected chi connectivity index (χ2v) is 7.88. The van der Waals surface area contributed by atoms with Crippen LogP contribution in [0.1, 0.15) is 54.4 Å². The third kappa shape index (κ3) is 5.34. The topological polar surface area (TPSA) is 18.5 Å². The molecule has 1 aliphatic heterocycles. The van der Waals surface area contributed by atoms with Crippen molar-refractivity contribution in [1.29, 1.82) is 0 Å². The quantitative estimate of drug-likeness (QED) is 0.809. The average Bonchev–Trinajstić information content (AvgIpc) is 2.38. The van der Waals surface area contributed by atoms with E-state index in [9.17, 15) is 0 Å². The van der Waals surface area contributed by atoms with E-state index >= 15 is 0 Å². The van der Waals surface area contributed by atoms with E-state index in [1.165, 1.54) is 39.0 Å². The maximum absolute atomic E-state index is 3.74. The van der Waals surface area contributed by atoms with Gasteiger partial charge in [0.05, 0.1) is 0 Å². The lowest BCUT2D eigenvalue weighted by Crippen LogP contribution is -2.55. The lowest BCUT2D eigenvalue weighted by Gasteiger charge is -2.44. The number of hydrogen-bond acceptors (Lipinski definition) is 3. The molecule has 0 aromatic heterocycles. The van der Waals surface area contributed by atoms with E-state index in [-0.39, 0.29) is 5.54 Å². The number of hydrogen-bond donors (Lipinski definition) is 1. The fraction of sp³-hybridized carbons (Fsp3) is 1.00. The molecule has 1 N–H and O–H groups in total. The van der Waals surface area contributed by atoms with Gasteiger partial charge < -0.3 is 10.2 Å². The molecule has 0 amide bonds. The van der Waals surface area contributed by atoms with Gasteiger partial charge in [0.25, 0.3) is 0 Å². The van der Waals surface area contributed by atoms with E-state index in [1.54, 1.807) is 0 Å². The molecule has 0 aromatic carbocycles. The van der Waals surface area contributed by atoms with E-state index in [0.717, 1.165) is 6.54 Å². The molecule has 0 bridgehead atoms. The standard InChI is InChI=1S/C17H37N3/c1-8-17(9-2,13-18-16(4,5)6)14-20-11-10-19(7)15(3)12-20/h15,18H,8-14H2,1-7H3. The lowest BCUT2D eigenvalue weighted by atomic mass is 9.80. The first-order valence-corrected chi connectivity index (χ1v) is 8.39. The summed E-state index contributed by atoms with van der Waals surface area (Å²) in [5.74, 6) is 0. The van der Waals surface area contributed by atoms with Crippen LogP contribution in [0.5, 0.6) is 0 Å². The van der Waals surface area contributed by atoms with Crippen molar-refractivity contribution in [3.63, 3.8) is 0 Å². The lowest BCUT2D eigenvalue weighted by molar-refractivity contribution is 0.0572. The van der Waals surface area contributed by atoms with Gasteiger partial charge in [-0.05, 0) is 53.0 Å². The first-order chi connectivity index (χ1) is 9.21. The van der Waals surface area contributed by atoms with Crippen LogP contribution in [0.25, 0.3) is 0 Å². The van der Waals surface area contributed by atoms with Crippen LogP contribution in [0.3, 0.4) is 0 Å². The SMILES string of the molecule is CCC(CC)(CNC(C)(C)C)CN1CCN(C)C(C)C1. The summed E-state index contributed by atoms with van der Waals surface area (Å²) in [5, 5.41) is 3.74. The summed E-state index contributed by atoms with van der Waals surface area (Å²) in [6.07, 6.45) is 2.51. The predicted octanol–water partition coefficient (Wildman–Crippen LogP) is 2.82. The highest BCUT2D eigenvalue weighted by Crippen LogP contribution is 2.28. The van der Waals surface area contributed by atoms with Crippen LogP contribution in [0.2, 0.25) is 0 Å². The number of likely N-dealkylation sites (N-methyl/N-ethyl adjacent to an activating group) is 1. The average molecular weight is 284 g/mol. The van der Waals surface area contributed by atoms with Gasteiger partial charge in [-0.25, -0.2) is 0 Å². The van der Waals surface area contributed by atoms with E-state index in [4.69, 9.17) is 0 Å². The summed E-state index contributed by atoms with van der Waals surface area (Å²) >= 11 is 0. The molecular formula is C17H37N3. The van der Waals surface area contributed by atoms with Crippen molar-refractivity contribution in [2.45, 2.75) is 66.0 Å². The van der Waals surface area contributed by atoms with Gasteiger partial charge in [-0.1, -0.05) is 13.8 Å². The van der Waals surface area contributed by atoms with Crippen molar-refractivity contribution < 1.29 is 0 Å². The Balaban J connectivity index is 2.61. The molecule has 120 valence electrons. The second-order valence-electron chi connectivity index (χ2n) is 7.88. The monoisotopic (exact) mass is 283 g/mol. The molecule has 0 radical (unpaired) electrons. The maximum Gasteiger partial charge on any atom is 0.0192 e. The van der Waals surface area contributed by atoms with Gasteiger partial charge in [0.1, 0.15) is 0 Å². The smallest absolute Gasteiger partial charge is 0.0192 e. The van der Waals surface area contributed by atoms with E-state index in [2.05, 4.69) is 63.7 Å². The summed E-state index contributed by atoms with van der Waals surface area (Å²) in [7, 11) is 2.25. The summed E-state index contributed by atoms with van der Waals surface area (Å²) < 4.78 is 0. The van der Waals surface area contributed by atoms with Crippen LogP contribution < -0.4 is 5.32 Å². The van der Waals surface area contributed by atoms with Crippen LogP contribution in [0.4, 0.5) is 0 Å². The number of nitrogens with zero attached hydrogens (tertiary/aromatic N) is 2. The molecule has 1 atom stereocenters. The molecule has 1 heterocycles. The molecular weight excluding hydrogens is 246 g/mol. The van der Waals surface area contributed by atoms with Crippen molar-refractivity contribution in [1.82, 2.24) is 15.1 Å².